The van der Waals surface area contributed by atoms with Gasteiger partial charge in [-0.3, -0.25) is 9.79 Å². The number of aliphatic carboxylic acids is 1. The third-order valence-electron chi connectivity index (χ3n) is 5.99. The zero-order chi connectivity index (χ0) is 28.9. The minimum atomic E-state index is -2.71. The number of carbonyl (C=O) groups is 2. The molecule has 212 valence electrons. The molecule has 0 spiro atoms. The molecule has 2 aromatic rings. The van der Waals surface area contributed by atoms with Crippen LogP contribution in [0.1, 0.15) is 29.3 Å². The van der Waals surface area contributed by atoms with Crippen molar-refractivity contribution in [2.45, 2.75) is 56.2 Å². The van der Waals surface area contributed by atoms with Gasteiger partial charge < -0.3 is 40.3 Å². The average Bonchev–Trinajstić information content (AvgIpc) is 2.88. The minimum absolute atomic E-state index is 0. The number of amides is 1. The van der Waals surface area contributed by atoms with E-state index in [9.17, 15) is 43.9 Å². The zero-order valence-corrected chi connectivity index (χ0v) is 24.2. The maximum absolute atomic E-state index is 14.1. The standard InChI is InChI=1S/C25H27ClF2N2O9.Na/c1-12(31)30-20-17(32)9-25(24(36)37,38-11-14-3-2-4-16(27)19(14)28)39-22(20)21(34)18(33)10-29-23(35)13-5-7-15(26)8-6-13;/h2-8,17-18,20-22,32-34H,9-11H2,1H3,(H,29,35)(H,30,31)(H,36,37);/q;+1/p-1/t17-,18+,20+,21+,22+,25+;/m0./s1. The molecular formula is C25H26ClF2N2NaO9. The topological polar surface area (TPSA) is 181 Å². The minimum Gasteiger partial charge on any atom is -0.862 e. The fourth-order valence-corrected chi connectivity index (χ4v) is 4.11. The molecule has 0 radical (unpaired) electrons. The number of carbonyl (C=O) groups excluding carboxylic acids is 1. The van der Waals surface area contributed by atoms with Crippen LogP contribution < -0.4 is 40.0 Å². The molecule has 15 heteroatoms. The molecule has 0 aromatic heterocycles. The summed E-state index contributed by atoms with van der Waals surface area (Å²) in [4.78, 5) is 28.2. The Bertz CT molecular complexity index is 1220. The molecule has 0 saturated carbocycles. The van der Waals surface area contributed by atoms with Crippen molar-refractivity contribution in [2.75, 3.05) is 6.54 Å². The zero-order valence-electron chi connectivity index (χ0n) is 21.5. The molecule has 5 N–H and O–H groups in total. The van der Waals surface area contributed by atoms with Gasteiger partial charge in [-0.1, -0.05) is 23.7 Å². The largest absolute Gasteiger partial charge is 1.00 e. The van der Waals surface area contributed by atoms with Crippen LogP contribution in [0.3, 0.4) is 0 Å². The summed E-state index contributed by atoms with van der Waals surface area (Å²) in [5.74, 6) is -8.42. The van der Waals surface area contributed by atoms with Crippen LogP contribution in [0.25, 0.3) is 0 Å². The third-order valence-corrected chi connectivity index (χ3v) is 6.25. The van der Waals surface area contributed by atoms with E-state index >= 15 is 0 Å². The van der Waals surface area contributed by atoms with Gasteiger partial charge in [-0.25, -0.2) is 13.6 Å². The van der Waals surface area contributed by atoms with Crippen molar-refractivity contribution in [1.82, 2.24) is 5.32 Å². The Morgan fingerprint density at radius 2 is 1.90 bits per heavy atom. The van der Waals surface area contributed by atoms with Crippen LogP contribution in [-0.4, -0.2) is 81.0 Å². The Labute approximate surface area is 254 Å². The Hall–Kier alpha value is -2.20. The molecule has 0 bridgehead atoms. The van der Waals surface area contributed by atoms with Crippen molar-refractivity contribution in [3.63, 3.8) is 0 Å². The monoisotopic (exact) mass is 594 g/mol. The van der Waals surface area contributed by atoms with Crippen molar-refractivity contribution in [2.24, 2.45) is 4.99 Å². The summed E-state index contributed by atoms with van der Waals surface area (Å²) >= 11 is 5.79. The molecular weight excluding hydrogens is 569 g/mol. The summed E-state index contributed by atoms with van der Waals surface area (Å²) < 4.78 is 38.5. The quantitative estimate of drug-likeness (QED) is 0.112. The van der Waals surface area contributed by atoms with Gasteiger partial charge in [0.05, 0.1) is 18.8 Å². The van der Waals surface area contributed by atoms with E-state index in [0.717, 1.165) is 19.1 Å². The molecule has 1 aliphatic heterocycles. The number of halogens is 3. The normalized spacial score (nSPS) is 24.5. The molecule has 1 amide bonds. The van der Waals surface area contributed by atoms with Gasteiger partial charge in [0, 0.05) is 29.1 Å². The number of carboxylic acids is 1. The molecule has 1 fully saturated rings. The Kier molecular flexibility index (Phi) is 12.4. The van der Waals surface area contributed by atoms with E-state index in [1.165, 1.54) is 30.3 Å². The number of hydrogen-bond donors (Lipinski definition) is 5. The van der Waals surface area contributed by atoms with Crippen LogP contribution >= 0.6 is 11.6 Å². The number of carboxylic acid groups (broad SMARTS) is 1. The van der Waals surface area contributed by atoms with Gasteiger partial charge in [0.25, 0.3) is 11.7 Å². The van der Waals surface area contributed by atoms with Gasteiger partial charge >= 0.3 is 35.5 Å². The van der Waals surface area contributed by atoms with Crippen molar-refractivity contribution >= 4 is 29.4 Å². The summed E-state index contributed by atoms with van der Waals surface area (Å²) in [7, 11) is 0. The van der Waals surface area contributed by atoms with Crippen LogP contribution in [-0.2, 0) is 20.9 Å². The summed E-state index contributed by atoms with van der Waals surface area (Å²) in [6.45, 7) is -0.318. The molecule has 1 saturated heterocycles. The van der Waals surface area contributed by atoms with E-state index in [4.69, 9.17) is 21.1 Å². The van der Waals surface area contributed by atoms with Gasteiger partial charge in [-0.15, -0.1) is 0 Å². The van der Waals surface area contributed by atoms with Crippen molar-refractivity contribution in [3.8, 4) is 0 Å². The second-order valence-electron chi connectivity index (χ2n) is 8.83. The second kappa shape index (κ2) is 14.6. The van der Waals surface area contributed by atoms with E-state index in [1.54, 1.807) is 0 Å². The number of nitrogens with one attached hydrogen (secondary N) is 1. The first-order valence-electron chi connectivity index (χ1n) is 11.6. The van der Waals surface area contributed by atoms with Gasteiger partial charge in [0.15, 0.2) is 11.6 Å². The van der Waals surface area contributed by atoms with E-state index < -0.39 is 85.2 Å². The number of ether oxygens (including phenoxy) is 2. The van der Waals surface area contributed by atoms with Crippen molar-refractivity contribution in [1.29, 1.82) is 0 Å². The first-order valence-corrected chi connectivity index (χ1v) is 12.0. The average molecular weight is 595 g/mol. The maximum atomic E-state index is 14.1. The first-order chi connectivity index (χ1) is 18.3. The number of aliphatic hydroxyl groups is 3. The molecule has 2 aromatic carbocycles. The smallest absolute Gasteiger partial charge is 0.862 e. The van der Waals surface area contributed by atoms with Crippen LogP contribution in [0.2, 0.25) is 5.02 Å². The number of nitrogens with zero attached hydrogens (tertiary/aromatic N) is 1. The van der Waals surface area contributed by atoms with Crippen LogP contribution in [0.5, 0.6) is 0 Å². The summed E-state index contributed by atoms with van der Waals surface area (Å²) in [6, 6.07) is 7.39. The molecule has 1 heterocycles. The SMILES string of the molecule is CC([O-])=N[C@H]1[C@H]([C@H](O)[C@H](O)CNC(=O)c2ccc(Cl)cc2)O[C@@](OCc2cccc(F)c2F)(C(=O)O)C[C@@H]1O.[Na+]. The van der Waals surface area contributed by atoms with Gasteiger partial charge in [-0.2, -0.15) is 0 Å². The van der Waals surface area contributed by atoms with Gasteiger partial charge in [0.1, 0.15) is 18.2 Å². The molecule has 6 atom stereocenters. The Morgan fingerprint density at radius 1 is 1.25 bits per heavy atom. The van der Waals surface area contributed by atoms with Crippen LogP contribution in [0, 0.1) is 11.6 Å². The second-order valence-corrected chi connectivity index (χ2v) is 9.26. The number of aliphatic hydroxyl groups excluding tert-OH is 3. The number of rotatable bonds is 10. The fraction of sp³-hybridized carbons (Fsp3) is 0.400. The van der Waals surface area contributed by atoms with E-state index in [2.05, 4.69) is 10.3 Å². The number of hydrogen-bond acceptors (Lipinski definition) is 9. The Morgan fingerprint density at radius 3 is 2.50 bits per heavy atom. The number of aliphatic imine (C=N–C) groups is 1. The van der Waals surface area contributed by atoms with Crippen molar-refractivity contribution < 1.29 is 82.9 Å². The molecule has 0 aliphatic carbocycles. The third kappa shape index (κ3) is 8.18. The van der Waals surface area contributed by atoms with Crippen molar-refractivity contribution in [3.05, 3.63) is 70.2 Å². The van der Waals surface area contributed by atoms with E-state index in [1.807, 2.05) is 0 Å². The summed E-state index contributed by atoms with van der Waals surface area (Å²) in [5.41, 5.74) is -0.163. The predicted molar refractivity (Wildman–Crippen MR) is 130 cm³/mol. The summed E-state index contributed by atoms with van der Waals surface area (Å²) in [5, 5.41) is 56.5. The molecule has 1 aliphatic rings. The molecule has 3 rings (SSSR count). The Balaban J connectivity index is 0.00000560. The number of benzene rings is 2. The van der Waals surface area contributed by atoms with E-state index in [0.29, 0.717) is 5.02 Å². The maximum Gasteiger partial charge on any atom is 1.00 e. The first kappa shape index (κ1) is 34.0. The molecule has 0 unspecified atom stereocenters. The fourth-order valence-electron chi connectivity index (χ4n) is 3.98. The molecule has 40 heavy (non-hydrogen) atoms. The van der Waals surface area contributed by atoms with Gasteiger partial charge in [0.2, 0.25) is 0 Å². The summed E-state index contributed by atoms with van der Waals surface area (Å²) in [6.07, 6.45) is -8.20. The van der Waals surface area contributed by atoms with Crippen LogP contribution in [0.4, 0.5) is 8.78 Å². The molecule has 11 nitrogen and oxygen atoms in total. The van der Waals surface area contributed by atoms with Crippen LogP contribution in [0.15, 0.2) is 47.5 Å². The van der Waals surface area contributed by atoms with Gasteiger partial charge in [-0.05, 0) is 43.2 Å². The predicted octanol–water partition coefficient (Wildman–Crippen LogP) is -2.63. The van der Waals surface area contributed by atoms with E-state index in [-0.39, 0.29) is 40.7 Å².